The van der Waals surface area contributed by atoms with Crippen molar-refractivity contribution in [1.29, 1.82) is 0 Å². The van der Waals surface area contributed by atoms with Gasteiger partial charge in [0.15, 0.2) is 0 Å². The van der Waals surface area contributed by atoms with Crippen molar-refractivity contribution in [3.05, 3.63) is 35.1 Å². The van der Waals surface area contributed by atoms with Crippen LogP contribution in [0.2, 0.25) is 0 Å². The van der Waals surface area contributed by atoms with E-state index >= 15 is 0 Å². The Labute approximate surface area is 120 Å². The highest BCUT2D eigenvalue weighted by Crippen LogP contribution is 2.14. The summed E-state index contributed by atoms with van der Waals surface area (Å²) >= 11 is 0. The Bertz CT molecular complexity index is 603. The molecule has 6 nitrogen and oxygen atoms in total. The van der Waals surface area contributed by atoms with Gasteiger partial charge in [-0.25, -0.2) is 9.18 Å². The maximum absolute atomic E-state index is 13.6. The molecule has 1 aromatic carbocycles. The number of carbonyl (C=O) groups excluding carboxylic acids is 2. The van der Waals surface area contributed by atoms with Gasteiger partial charge in [-0.1, -0.05) is 0 Å². The highest BCUT2D eigenvalue weighted by molar-refractivity contribution is 6.00. The van der Waals surface area contributed by atoms with E-state index in [9.17, 15) is 18.8 Å². The SMILES string of the molecule is CN1C(=O)CCC(NCc2cc(C(=O)O)ccc2F)C1=O. The lowest BCUT2D eigenvalue weighted by Crippen LogP contribution is -2.51. The quantitative estimate of drug-likeness (QED) is 0.801. The third-order valence-electron chi connectivity index (χ3n) is 3.48. The van der Waals surface area contributed by atoms with E-state index in [4.69, 9.17) is 5.11 Å². The second-order valence-electron chi connectivity index (χ2n) is 4.87. The molecule has 0 aromatic heterocycles. The second-order valence-corrected chi connectivity index (χ2v) is 4.87. The Kier molecular flexibility index (Phi) is 4.32. The van der Waals surface area contributed by atoms with Gasteiger partial charge in [-0.15, -0.1) is 0 Å². The van der Waals surface area contributed by atoms with Crippen LogP contribution in [0.4, 0.5) is 4.39 Å². The van der Waals surface area contributed by atoms with Crippen molar-refractivity contribution in [3.63, 3.8) is 0 Å². The van der Waals surface area contributed by atoms with Gasteiger partial charge < -0.3 is 10.4 Å². The molecular weight excluding hydrogens is 279 g/mol. The van der Waals surface area contributed by atoms with E-state index in [0.717, 1.165) is 11.0 Å². The summed E-state index contributed by atoms with van der Waals surface area (Å²) in [6.45, 7) is 0.0192. The van der Waals surface area contributed by atoms with Gasteiger partial charge in [0.2, 0.25) is 11.8 Å². The number of aromatic carboxylic acids is 1. The number of rotatable bonds is 4. The van der Waals surface area contributed by atoms with Crippen LogP contribution in [0.5, 0.6) is 0 Å². The molecule has 21 heavy (non-hydrogen) atoms. The van der Waals surface area contributed by atoms with E-state index < -0.39 is 17.8 Å². The van der Waals surface area contributed by atoms with Crippen LogP contribution < -0.4 is 5.32 Å². The van der Waals surface area contributed by atoms with E-state index in [1.54, 1.807) is 0 Å². The molecule has 1 fully saturated rings. The van der Waals surface area contributed by atoms with Crippen LogP contribution in [0.15, 0.2) is 18.2 Å². The Morgan fingerprint density at radius 2 is 2.19 bits per heavy atom. The maximum Gasteiger partial charge on any atom is 0.335 e. The summed E-state index contributed by atoms with van der Waals surface area (Å²) in [5.74, 6) is -2.28. The highest BCUT2D eigenvalue weighted by Gasteiger charge is 2.31. The number of likely N-dealkylation sites (tertiary alicyclic amines) is 1. The van der Waals surface area contributed by atoms with Crippen molar-refractivity contribution in [2.45, 2.75) is 25.4 Å². The molecule has 1 saturated heterocycles. The standard InChI is InChI=1S/C14H15FN2O4/c1-17-12(18)5-4-11(13(17)19)16-7-9-6-8(14(20)21)2-3-10(9)15/h2-3,6,11,16H,4-5,7H2,1H3,(H,20,21). The first-order valence-electron chi connectivity index (χ1n) is 6.45. The zero-order chi connectivity index (χ0) is 15.6. The molecule has 1 heterocycles. The molecule has 112 valence electrons. The molecule has 1 unspecified atom stereocenters. The number of benzene rings is 1. The zero-order valence-electron chi connectivity index (χ0n) is 11.4. The number of carboxylic acid groups (broad SMARTS) is 1. The molecule has 1 aliphatic rings. The van der Waals surface area contributed by atoms with Gasteiger partial charge in [-0.2, -0.15) is 0 Å². The lowest BCUT2D eigenvalue weighted by atomic mass is 10.0. The van der Waals surface area contributed by atoms with Crippen molar-refractivity contribution in [3.8, 4) is 0 Å². The minimum Gasteiger partial charge on any atom is -0.478 e. The number of halogens is 1. The number of hydrogen-bond acceptors (Lipinski definition) is 4. The molecule has 0 aliphatic carbocycles. The molecule has 2 N–H and O–H groups in total. The van der Waals surface area contributed by atoms with Gasteiger partial charge in [0.1, 0.15) is 5.82 Å². The van der Waals surface area contributed by atoms with E-state index in [1.165, 1.54) is 19.2 Å². The van der Waals surface area contributed by atoms with Crippen molar-refractivity contribution < 1.29 is 23.9 Å². The first-order valence-corrected chi connectivity index (χ1v) is 6.45. The van der Waals surface area contributed by atoms with Gasteiger partial charge in [0.05, 0.1) is 11.6 Å². The summed E-state index contributed by atoms with van der Waals surface area (Å²) in [4.78, 5) is 35.1. The summed E-state index contributed by atoms with van der Waals surface area (Å²) < 4.78 is 13.6. The summed E-state index contributed by atoms with van der Waals surface area (Å²) in [6.07, 6.45) is 0.597. The predicted molar refractivity (Wildman–Crippen MR) is 71.0 cm³/mol. The number of hydrogen-bond donors (Lipinski definition) is 2. The van der Waals surface area contributed by atoms with E-state index in [0.29, 0.717) is 6.42 Å². The molecule has 0 radical (unpaired) electrons. The van der Waals surface area contributed by atoms with Crippen LogP contribution in [0.25, 0.3) is 0 Å². The Morgan fingerprint density at radius 1 is 1.48 bits per heavy atom. The maximum atomic E-state index is 13.6. The third kappa shape index (κ3) is 3.25. The number of nitrogens with zero attached hydrogens (tertiary/aromatic N) is 1. The first kappa shape index (κ1) is 15.1. The Hall–Kier alpha value is -2.28. The van der Waals surface area contributed by atoms with Crippen LogP contribution >= 0.6 is 0 Å². The van der Waals surface area contributed by atoms with Crippen LogP contribution in [0.3, 0.4) is 0 Å². The average molecular weight is 294 g/mol. The third-order valence-corrected chi connectivity index (χ3v) is 3.48. The Morgan fingerprint density at radius 3 is 2.86 bits per heavy atom. The number of likely N-dealkylation sites (N-methyl/N-ethyl adjacent to an activating group) is 1. The molecule has 0 bridgehead atoms. The normalized spacial score (nSPS) is 19.0. The largest absolute Gasteiger partial charge is 0.478 e. The smallest absolute Gasteiger partial charge is 0.335 e. The van der Waals surface area contributed by atoms with Gasteiger partial charge >= 0.3 is 5.97 Å². The molecule has 1 aromatic rings. The average Bonchev–Trinajstić information content (AvgIpc) is 2.45. The molecule has 0 spiro atoms. The molecule has 2 rings (SSSR count). The number of imide groups is 1. The van der Waals surface area contributed by atoms with Crippen LogP contribution in [-0.4, -0.2) is 40.9 Å². The van der Waals surface area contributed by atoms with Gasteiger partial charge in [-0.3, -0.25) is 14.5 Å². The number of carboxylic acids is 1. The van der Waals surface area contributed by atoms with Crippen molar-refractivity contribution >= 4 is 17.8 Å². The molecule has 2 amide bonds. The second kappa shape index (κ2) is 6.01. The van der Waals surface area contributed by atoms with E-state index in [-0.39, 0.29) is 35.9 Å². The predicted octanol–water partition coefficient (Wildman–Crippen LogP) is 0.761. The number of nitrogens with one attached hydrogen (secondary N) is 1. The van der Waals surface area contributed by atoms with Crippen molar-refractivity contribution in [2.24, 2.45) is 0 Å². The van der Waals surface area contributed by atoms with Crippen molar-refractivity contribution in [1.82, 2.24) is 10.2 Å². The minimum atomic E-state index is -1.14. The summed E-state index contributed by atoms with van der Waals surface area (Å²) in [7, 11) is 1.41. The molecule has 1 atom stereocenters. The minimum absolute atomic E-state index is 0.0181. The van der Waals surface area contributed by atoms with Crippen molar-refractivity contribution in [2.75, 3.05) is 7.05 Å². The molecule has 0 saturated carbocycles. The van der Waals surface area contributed by atoms with Crippen LogP contribution in [0, 0.1) is 5.82 Å². The van der Waals surface area contributed by atoms with Gasteiger partial charge in [-0.05, 0) is 24.6 Å². The monoisotopic (exact) mass is 294 g/mol. The summed E-state index contributed by atoms with van der Waals surface area (Å²) in [6, 6.07) is 2.92. The van der Waals surface area contributed by atoms with Crippen LogP contribution in [0.1, 0.15) is 28.8 Å². The number of amides is 2. The molecular formula is C14H15FN2O4. The molecule has 1 aliphatic heterocycles. The number of carbonyl (C=O) groups is 3. The van der Waals surface area contributed by atoms with Gasteiger partial charge in [0.25, 0.3) is 0 Å². The van der Waals surface area contributed by atoms with Gasteiger partial charge in [0, 0.05) is 25.6 Å². The van der Waals surface area contributed by atoms with E-state index in [1.807, 2.05) is 0 Å². The topological polar surface area (TPSA) is 86.7 Å². The summed E-state index contributed by atoms with van der Waals surface area (Å²) in [5, 5.41) is 11.8. The Balaban J connectivity index is 2.06. The highest BCUT2D eigenvalue weighted by atomic mass is 19.1. The number of piperidine rings is 1. The fourth-order valence-corrected chi connectivity index (χ4v) is 2.18. The fraction of sp³-hybridized carbons (Fsp3) is 0.357. The fourth-order valence-electron chi connectivity index (χ4n) is 2.18. The van der Waals surface area contributed by atoms with E-state index in [2.05, 4.69) is 5.32 Å². The zero-order valence-corrected chi connectivity index (χ0v) is 11.4. The summed E-state index contributed by atoms with van der Waals surface area (Å²) in [5.41, 5.74) is 0.151. The lowest BCUT2D eigenvalue weighted by molar-refractivity contribution is -0.148. The van der Waals surface area contributed by atoms with Crippen LogP contribution in [-0.2, 0) is 16.1 Å². The first-order chi connectivity index (χ1) is 9.90. The molecule has 7 heteroatoms. The lowest BCUT2D eigenvalue weighted by Gasteiger charge is -2.28.